The first-order valence-electron chi connectivity index (χ1n) is 9.20. The number of methoxy groups -OCH3 is 1. The second-order valence-corrected chi connectivity index (χ2v) is 7.63. The van der Waals surface area contributed by atoms with Crippen molar-refractivity contribution in [2.45, 2.75) is 13.3 Å². The lowest BCUT2D eigenvalue weighted by atomic mass is 10.1. The van der Waals surface area contributed by atoms with Gasteiger partial charge in [-0.2, -0.15) is 0 Å². The van der Waals surface area contributed by atoms with E-state index in [1.165, 1.54) is 23.5 Å². The van der Waals surface area contributed by atoms with Gasteiger partial charge in [0.05, 0.1) is 12.8 Å². The highest BCUT2D eigenvalue weighted by Crippen LogP contribution is 2.28. The molecule has 2 heterocycles. The summed E-state index contributed by atoms with van der Waals surface area (Å²) < 4.78 is 20.1. The maximum absolute atomic E-state index is 13.0. The maximum atomic E-state index is 13.0. The Morgan fingerprint density at radius 1 is 1.17 bits per heavy atom. The number of carbonyl (C=O) groups excluding carboxylic acids is 1. The fourth-order valence-corrected chi connectivity index (χ4v) is 4.14. The number of aromatic nitrogens is 2. The Hall–Kier alpha value is -3.19. The standard InChI is InChI=1S/C22H20FN3O2S/c1-14-20(21(27)24-12-11-15-3-7-17(23)8-4-15)29-22-25-19(13-26(14)22)16-5-9-18(28-2)10-6-16/h3-10,13H,11-12H2,1-2H3,(H,24,27). The van der Waals surface area contributed by atoms with Gasteiger partial charge in [-0.3, -0.25) is 9.20 Å². The van der Waals surface area contributed by atoms with Crippen LogP contribution >= 0.6 is 11.3 Å². The van der Waals surface area contributed by atoms with E-state index in [1.54, 1.807) is 19.2 Å². The average molecular weight is 409 g/mol. The number of imidazole rings is 1. The smallest absolute Gasteiger partial charge is 0.263 e. The van der Waals surface area contributed by atoms with Gasteiger partial charge in [-0.15, -0.1) is 0 Å². The molecular formula is C22H20FN3O2S. The molecule has 1 N–H and O–H groups in total. The van der Waals surface area contributed by atoms with E-state index >= 15 is 0 Å². The normalized spacial score (nSPS) is 11.0. The van der Waals surface area contributed by atoms with Crippen molar-refractivity contribution in [1.82, 2.24) is 14.7 Å². The summed E-state index contributed by atoms with van der Waals surface area (Å²) >= 11 is 1.37. The number of hydrogen-bond donors (Lipinski definition) is 1. The SMILES string of the molecule is COc1ccc(-c2cn3c(C)c(C(=O)NCCc4ccc(F)cc4)sc3n2)cc1. The van der Waals surface area contributed by atoms with E-state index in [0.717, 1.165) is 33.2 Å². The first kappa shape index (κ1) is 19.1. The molecule has 2 aromatic heterocycles. The number of ether oxygens (including phenoxy) is 1. The molecule has 7 heteroatoms. The van der Waals surface area contributed by atoms with Gasteiger partial charge in [-0.05, 0) is 55.3 Å². The van der Waals surface area contributed by atoms with E-state index in [2.05, 4.69) is 10.3 Å². The summed E-state index contributed by atoms with van der Waals surface area (Å²) in [5.74, 6) is 0.418. The molecule has 0 unspecified atom stereocenters. The molecule has 0 saturated heterocycles. The zero-order valence-electron chi connectivity index (χ0n) is 16.1. The van der Waals surface area contributed by atoms with Crippen molar-refractivity contribution in [2.24, 2.45) is 0 Å². The van der Waals surface area contributed by atoms with Crippen LogP contribution < -0.4 is 10.1 Å². The van der Waals surface area contributed by atoms with Crippen molar-refractivity contribution in [2.75, 3.05) is 13.7 Å². The van der Waals surface area contributed by atoms with Crippen LogP contribution in [0.1, 0.15) is 20.9 Å². The molecule has 1 amide bonds. The summed E-state index contributed by atoms with van der Waals surface area (Å²) in [4.78, 5) is 18.7. The number of fused-ring (bicyclic) bond motifs is 1. The van der Waals surface area contributed by atoms with Crippen LogP contribution in [-0.4, -0.2) is 28.9 Å². The molecule has 0 fully saturated rings. The lowest BCUT2D eigenvalue weighted by molar-refractivity contribution is 0.0957. The number of halogens is 1. The van der Waals surface area contributed by atoms with E-state index < -0.39 is 0 Å². The fraction of sp³-hybridized carbons (Fsp3) is 0.182. The molecule has 4 rings (SSSR count). The summed E-state index contributed by atoms with van der Waals surface area (Å²) in [5.41, 5.74) is 3.68. The van der Waals surface area contributed by atoms with Crippen molar-refractivity contribution in [3.63, 3.8) is 0 Å². The van der Waals surface area contributed by atoms with Gasteiger partial charge in [-0.1, -0.05) is 23.5 Å². The number of nitrogens with zero attached hydrogens (tertiary/aromatic N) is 2. The summed E-state index contributed by atoms with van der Waals surface area (Å²) in [6, 6.07) is 14.0. The summed E-state index contributed by atoms with van der Waals surface area (Å²) in [6.07, 6.45) is 2.59. The number of nitrogens with one attached hydrogen (secondary N) is 1. The largest absolute Gasteiger partial charge is 0.497 e. The van der Waals surface area contributed by atoms with Gasteiger partial charge in [0.1, 0.15) is 16.4 Å². The molecule has 5 nitrogen and oxygen atoms in total. The Morgan fingerprint density at radius 2 is 1.90 bits per heavy atom. The molecule has 29 heavy (non-hydrogen) atoms. The minimum Gasteiger partial charge on any atom is -0.497 e. The number of amides is 1. The minimum absolute atomic E-state index is 0.119. The van der Waals surface area contributed by atoms with E-state index in [9.17, 15) is 9.18 Å². The Bertz CT molecular complexity index is 1150. The number of hydrogen-bond acceptors (Lipinski definition) is 4. The first-order valence-corrected chi connectivity index (χ1v) is 10.0. The van der Waals surface area contributed by atoms with E-state index in [4.69, 9.17) is 4.74 Å². The third-order valence-corrected chi connectivity index (χ3v) is 5.92. The summed E-state index contributed by atoms with van der Waals surface area (Å²) in [6.45, 7) is 2.40. The summed E-state index contributed by atoms with van der Waals surface area (Å²) in [5, 5.41) is 2.94. The van der Waals surface area contributed by atoms with Crippen LogP contribution in [0.5, 0.6) is 5.75 Å². The molecule has 0 aliphatic heterocycles. The second kappa shape index (κ2) is 8.05. The van der Waals surface area contributed by atoms with Gasteiger partial charge in [-0.25, -0.2) is 9.37 Å². The minimum atomic E-state index is -0.260. The van der Waals surface area contributed by atoms with Gasteiger partial charge in [0.25, 0.3) is 5.91 Å². The van der Waals surface area contributed by atoms with E-state index in [1.807, 2.05) is 41.8 Å². The van der Waals surface area contributed by atoms with Gasteiger partial charge >= 0.3 is 0 Å². The average Bonchev–Trinajstić information content (AvgIpc) is 3.29. The zero-order chi connectivity index (χ0) is 20.4. The molecule has 148 valence electrons. The maximum Gasteiger partial charge on any atom is 0.263 e. The van der Waals surface area contributed by atoms with Gasteiger partial charge in [0, 0.05) is 24.0 Å². The van der Waals surface area contributed by atoms with Gasteiger partial charge in [0.2, 0.25) is 0 Å². The molecule has 0 atom stereocenters. The van der Waals surface area contributed by atoms with E-state index in [0.29, 0.717) is 17.8 Å². The lowest BCUT2D eigenvalue weighted by Gasteiger charge is -2.05. The van der Waals surface area contributed by atoms with Crippen molar-refractivity contribution >= 4 is 22.2 Å². The zero-order valence-corrected chi connectivity index (χ0v) is 16.9. The number of thiazole rings is 1. The molecular weight excluding hydrogens is 389 g/mol. The predicted molar refractivity (Wildman–Crippen MR) is 112 cm³/mol. The van der Waals surface area contributed by atoms with Crippen molar-refractivity contribution < 1.29 is 13.9 Å². The van der Waals surface area contributed by atoms with Crippen molar-refractivity contribution in [1.29, 1.82) is 0 Å². The second-order valence-electron chi connectivity index (χ2n) is 6.66. The Morgan fingerprint density at radius 3 is 2.55 bits per heavy atom. The predicted octanol–water partition coefficient (Wildman–Crippen LogP) is 4.49. The summed E-state index contributed by atoms with van der Waals surface area (Å²) in [7, 11) is 1.64. The highest BCUT2D eigenvalue weighted by molar-refractivity contribution is 7.19. The molecule has 0 aliphatic carbocycles. The molecule has 0 spiro atoms. The third-order valence-electron chi connectivity index (χ3n) is 4.76. The molecule has 2 aromatic carbocycles. The van der Waals surface area contributed by atoms with E-state index in [-0.39, 0.29) is 11.7 Å². The quantitative estimate of drug-likeness (QED) is 0.510. The van der Waals surface area contributed by atoms with Crippen LogP contribution in [0.4, 0.5) is 4.39 Å². The number of carbonyl (C=O) groups is 1. The molecule has 0 bridgehead atoms. The number of aryl methyl sites for hydroxylation is 1. The number of rotatable bonds is 6. The third kappa shape index (κ3) is 4.00. The topological polar surface area (TPSA) is 55.6 Å². The Labute approximate surface area is 171 Å². The van der Waals surface area contributed by atoms with Crippen LogP contribution in [-0.2, 0) is 6.42 Å². The highest BCUT2D eigenvalue weighted by atomic mass is 32.1. The Balaban J connectivity index is 1.46. The Kier molecular flexibility index (Phi) is 5.31. The van der Waals surface area contributed by atoms with Crippen LogP contribution in [0.3, 0.4) is 0 Å². The van der Waals surface area contributed by atoms with Crippen molar-refractivity contribution in [3.05, 3.63) is 76.7 Å². The number of benzene rings is 2. The molecule has 0 aliphatic rings. The molecule has 0 saturated carbocycles. The fourth-order valence-electron chi connectivity index (χ4n) is 3.11. The van der Waals surface area contributed by atoms with Crippen LogP contribution in [0.15, 0.2) is 54.7 Å². The molecule has 0 radical (unpaired) electrons. The van der Waals surface area contributed by atoms with Crippen LogP contribution in [0.2, 0.25) is 0 Å². The van der Waals surface area contributed by atoms with Crippen LogP contribution in [0.25, 0.3) is 16.2 Å². The first-order chi connectivity index (χ1) is 14.0. The molecule has 4 aromatic rings. The monoisotopic (exact) mass is 409 g/mol. The van der Waals surface area contributed by atoms with Crippen LogP contribution in [0, 0.1) is 12.7 Å². The van der Waals surface area contributed by atoms with Gasteiger partial charge in [0.15, 0.2) is 4.96 Å². The van der Waals surface area contributed by atoms with Crippen molar-refractivity contribution in [3.8, 4) is 17.0 Å². The lowest BCUT2D eigenvalue weighted by Crippen LogP contribution is -2.25. The van der Waals surface area contributed by atoms with Gasteiger partial charge < -0.3 is 10.1 Å². The highest BCUT2D eigenvalue weighted by Gasteiger charge is 2.18.